The molecular weight excluding hydrogens is 250 g/mol. The van der Waals surface area contributed by atoms with Crippen molar-refractivity contribution in [1.82, 2.24) is 4.98 Å². The summed E-state index contributed by atoms with van der Waals surface area (Å²) in [5.74, 6) is -0.397. The second kappa shape index (κ2) is 8.92. The lowest BCUT2D eigenvalue weighted by molar-refractivity contribution is 0.0491. The summed E-state index contributed by atoms with van der Waals surface area (Å²) in [6.07, 6.45) is 8.53. The molecule has 0 aliphatic carbocycles. The quantitative estimate of drug-likeness (QED) is 0.523. The first-order chi connectivity index (χ1) is 8.74. The molecule has 0 aliphatic heterocycles. The molecule has 1 heterocycles. The van der Waals surface area contributed by atoms with E-state index in [4.69, 9.17) is 16.3 Å². The van der Waals surface area contributed by atoms with Gasteiger partial charge in [0.2, 0.25) is 0 Å². The van der Waals surface area contributed by atoms with E-state index in [0.717, 1.165) is 12.8 Å². The number of pyridine rings is 1. The maximum Gasteiger partial charge on any atom is 0.356 e. The summed E-state index contributed by atoms with van der Waals surface area (Å²) in [7, 11) is 0. The van der Waals surface area contributed by atoms with Gasteiger partial charge in [0.25, 0.3) is 0 Å². The fourth-order valence-electron chi connectivity index (χ4n) is 1.64. The number of hydrogen-bond donors (Lipinski definition) is 0. The van der Waals surface area contributed by atoms with Crippen molar-refractivity contribution in [1.29, 1.82) is 0 Å². The summed E-state index contributed by atoms with van der Waals surface area (Å²) < 4.78 is 5.13. The maximum atomic E-state index is 11.6. The molecule has 0 radical (unpaired) electrons. The van der Waals surface area contributed by atoms with Gasteiger partial charge in [-0.15, -0.1) is 0 Å². The van der Waals surface area contributed by atoms with Crippen molar-refractivity contribution >= 4 is 17.6 Å². The predicted molar refractivity (Wildman–Crippen MR) is 72.9 cm³/mol. The number of esters is 1. The maximum absolute atomic E-state index is 11.6. The van der Waals surface area contributed by atoms with Crippen LogP contribution in [0.2, 0.25) is 5.02 Å². The van der Waals surface area contributed by atoms with E-state index < -0.39 is 5.97 Å². The zero-order valence-corrected chi connectivity index (χ0v) is 11.6. The molecule has 4 heteroatoms. The smallest absolute Gasteiger partial charge is 0.356 e. The first-order valence-corrected chi connectivity index (χ1v) is 6.90. The third-order valence-electron chi connectivity index (χ3n) is 2.66. The Labute approximate surface area is 114 Å². The Morgan fingerprint density at radius 1 is 1.28 bits per heavy atom. The Balaban J connectivity index is 2.14. The zero-order valence-electron chi connectivity index (χ0n) is 10.8. The SMILES string of the molecule is CCCCCCCCOC(=O)c1cc(Cl)ccn1. The summed E-state index contributed by atoms with van der Waals surface area (Å²) in [5.41, 5.74) is 0.272. The van der Waals surface area contributed by atoms with Crippen molar-refractivity contribution in [2.75, 3.05) is 6.61 Å². The molecule has 0 aliphatic rings. The lowest BCUT2D eigenvalue weighted by Crippen LogP contribution is -2.08. The van der Waals surface area contributed by atoms with E-state index in [9.17, 15) is 4.79 Å². The van der Waals surface area contributed by atoms with Crippen LogP contribution in [0.15, 0.2) is 18.3 Å². The van der Waals surface area contributed by atoms with Crippen LogP contribution in [0.4, 0.5) is 0 Å². The number of halogens is 1. The van der Waals surface area contributed by atoms with Gasteiger partial charge < -0.3 is 4.74 Å². The molecule has 0 fully saturated rings. The van der Waals surface area contributed by atoms with Gasteiger partial charge in [-0.3, -0.25) is 0 Å². The van der Waals surface area contributed by atoms with Gasteiger partial charge in [-0.2, -0.15) is 0 Å². The number of rotatable bonds is 8. The second-order valence-corrected chi connectivity index (χ2v) is 4.70. The standard InChI is InChI=1S/C14H20ClNO2/c1-2-3-4-5-6-7-10-18-14(17)13-11-12(15)8-9-16-13/h8-9,11H,2-7,10H2,1H3. The summed E-state index contributed by atoms with van der Waals surface area (Å²) in [6, 6.07) is 3.15. The number of unbranched alkanes of at least 4 members (excludes halogenated alkanes) is 5. The van der Waals surface area contributed by atoms with E-state index in [1.54, 1.807) is 6.07 Å². The third kappa shape index (κ3) is 6.01. The van der Waals surface area contributed by atoms with Crippen molar-refractivity contribution < 1.29 is 9.53 Å². The number of hydrogen-bond acceptors (Lipinski definition) is 3. The number of aromatic nitrogens is 1. The van der Waals surface area contributed by atoms with E-state index in [2.05, 4.69) is 11.9 Å². The van der Waals surface area contributed by atoms with Gasteiger partial charge in [-0.1, -0.05) is 50.6 Å². The Morgan fingerprint density at radius 3 is 2.72 bits per heavy atom. The predicted octanol–water partition coefficient (Wildman–Crippen LogP) is 4.25. The minimum atomic E-state index is -0.397. The highest BCUT2D eigenvalue weighted by Gasteiger charge is 2.08. The Kier molecular flexibility index (Phi) is 7.42. The van der Waals surface area contributed by atoms with Gasteiger partial charge in [0.15, 0.2) is 0 Å². The van der Waals surface area contributed by atoms with Gasteiger partial charge in [0, 0.05) is 11.2 Å². The lowest BCUT2D eigenvalue weighted by atomic mass is 10.1. The highest BCUT2D eigenvalue weighted by Crippen LogP contribution is 2.09. The minimum Gasteiger partial charge on any atom is -0.461 e. The van der Waals surface area contributed by atoms with Crippen LogP contribution in [-0.2, 0) is 4.74 Å². The summed E-state index contributed by atoms with van der Waals surface area (Å²) in [4.78, 5) is 15.5. The number of ether oxygens (including phenoxy) is 1. The number of nitrogens with zero attached hydrogens (tertiary/aromatic N) is 1. The Morgan fingerprint density at radius 2 is 2.00 bits per heavy atom. The van der Waals surface area contributed by atoms with E-state index in [0.29, 0.717) is 11.6 Å². The molecule has 1 aromatic heterocycles. The summed E-state index contributed by atoms with van der Waals surface area (Å²) in [6.45, 7) is 2.65. The molecule has 18 heavy (non-hydrogen) atoms. The normalized spacial score (nSPS) is 10.3. The molecule has 0 aromatic carbocycles. The lowest BCUT2D eigenvalue weighted by Gasteiger charge is -2.04. The molecule has 0 N–H and O–H groups in total. The van der Waals surface area contributed by atoms with E-state index in [1.165, 1.54) is 37.9 Å². The van der Waals surface area contributed by atoms with Gasteiger partial charge in [-0.25, -0.2) is 9.78 Å². The molecule has 1 aromatic rings. The molecule has 0 saturated carbocycles. The van der Waals surface area contributed by atoms with Crippen molar-refractivity contribution in [2.45, 2.75) is 45.4 Å². The third-order valence-corrected chi connectivity index (χ3v) is 2.90. The van der Waals surface area contributed by atoms with Gasteiger partial charge >= 0.3 is 5.97 Å². The number of carbonyl (C=O) groups excluding carboxylic acids is 1. The highest BCUT2D eigenvalue weighted by molar-refractivity contribution is 6.30. The molecule has 1 rings (SSSR count). The monoisotopic (exact) mass is 269 g/mol. The molecule has 0 bridgehead atoms. The average Bonchev–Trinajstić information content (AvgIpc) is 2.37. The summed E-state index contributed by atoms with van der Waals surface area (Å²) >= 11 is 5.77. The molecule has 0 atom stereocenters. The summed E-state index contributed by atoms with van der Waals surface area (Å²) in [5, 5.41) is 0.497. The topological polar surface area (TPSA) is 39.2 Å². The second-order valence-electron chi connectivity index (χ2n) is 4.26. The first-order valence-electron chi connectivity index (χ1n) is 6.52. The molecule has 100 valence electrons. The Hall–Kier alpha value is -1.09. The molecule has 0 unspecified atom stereocenters. The van der Waals surface area contributed by atoms with Crippen LogP contribution in [0.3, 0.4) is 0 Å². The van der Waals surface area contributed by atoms with Crippen LogP contribution in [0, 0.1) is 0 Å². The molecule has 0 amide bonds. The van der Waals surface area contributed by atoms with Crippen LogP contribution < -0.4 is 0 Å². The Bertz CT molecular complexity index is 369. The van der Waals surface area contributed by atoms with Crippen molar-refractivity contribution in [3.63, 3.8) is 0 Å². The molecule has 0 saturated heterocycles. The highest BCUT2D eigenvalue weighted by atomic mass is 35.5. The van der Waals surface area contributed by atoms with Crippen LogP contribution in [0.5, 0.6) is 0 Å². The van der Waals surface area contributed by atoms with Crippen LogP contribution >= 0.6 is 11.6 Å². The van der Waals surface area contributed by atoms with E-state index in [1.807, 2.05) is 0 Å². The average molecular weight is 270 g/mol. The van der Waals surface area contributed by atoms with Crippen molar-refractivity contribution in [2.24, 2.45) is 0 Å². The molecular formula is C14H20ClNO2. The largest absolute Gasteiger partial charge is 0.461 e. The zero-order chi connectivity index (χ0) is 13.2. The van der Waals surface area contributed by atoms with Crippen LogP contribution in [0.25, 0.3) is 0 Å². The van der Waals surface area contributed by atoms with Gasteiger partial charge in [-0.05, 0) is 18.6 Å². The minimum absolute atomic E-state index is 0.272. The van der Waals surface area contributed by atoms with Crippen LogP contribution in [-0.4, -0.2) is 17.6 Å². The molecule has 0 spiro atoms. The van der Waals surface area contributed by atoms with Gasteiger partial charge in [0.05, 0.1) is 6.61 Å². The fourth-order valence-corrected chi connectivity index (χ4v) is 1.80. The first kappa shape index (κ1) is 15.0. The van der Waals surface area contributed by atoms with Gasteiger partial charge in [0.1, 0.15) is 5.69 Å². The van der Waals surface area contributed by atoms with E-state index in [-0.39, 0.29) is 5.69 Å². The molecule has 3 nitrogen and oxygen atoms in total. The van der Waals surface area contributed by atoms with E-state index >= 15 is 0 Å². The fraction of sp³-hybridized carbons (Fsp3) is 0.571. The van der Waals surface area contributed by atoms with Crippen molar-refractivity contribution in [3.8, 4) is 0 Å². The van der Waals surface area contributed by atoms with Crippen LogP contribution in [0.1, 0.15) is 55.9 Å². The number of carbonyl (C=O) groups is 1. The van der Waals surface area contributed by atoms with Crippen molar-refractivity contribution in [3.05, 3.63) is 29.0 Å².